The summed E-state index contributed by atoms with van der Waals surface area (Å²) < 4.78 is 0. The van der Waals surface area contributed by atoms with Gasteiger partial charge in [0, 0.05) is 41.1 Å². The number of pyridine rings is 1. The third kappa shape index (κ3) is 5.12. The summed E-state index contributed by atoms with van der Waals surface area (Å²) in [5.74, 6) is 4.63. The smallest absolute Gasteiger partial charge is 0.313 e. The van der Waals surface area contributed by atoms with Gasteiger partial charge in [-0.2, -0.15) is 0 Å². The number of hydrogen-bond acceptors (Lipinski definition) is 4. The van der Waals surface area contributed by atoms with Gasteiger partial charge in [-0.15, -0.1) is 0 Å². The van der Waals surface area contributed by atoms with Crippen molar-refractivity contribution in [1.29, 1.82) is 0 Å². The zero-order valence-electron chi connectivity index (χ0n) is 17.1. The molecule has 2 aromatic heterocycles. The summed E-state index contributed by atoms with van der Waals surface area (Å²) in [6.07, 6.45) is 4.01. The number of anilines is 1. The van der Waals surface area contributed by atoms with Crippen LogP contribution in [0.2, 0.25) is 0 Å². The highest BCUT2D eigenvalue weighted by Gasteiger charge is 2.14. The molecule has 158 valence electrons. The molecule has 4 aromatic rings. The highest BCUT2D eigenvalue weighted by atomic mass is 16.3. The summed E-state index contributed by atoms with van der Waals surface area (Å²) in [4.78, 5) is 31.7. The van der Waals surface area contributed by atoms with Crippen LogP contribution in [0.1, 0.15) is 16.8 Å². The number of phenolic OH excluding ortho intramolecular Hbond substituents is 1. The average molecular weight is 424 g/mol. The zero-order chi connectivity index (χ0) is 22.3. The molecule has 32 heavy (non-hydrogen) atoms. The van der Waals surface area contributed by atoms with Crippen molar-refractivity contribution in [2.75, 3.05) is 11.9 Å². The summed E-state index contributed by atoms with van der Waals surface area (Å²) in [6, 6.07) is 17.5. The highest BCUT2D eigenvalue weighted by molar-refractivity contribution is 6.39. The molecule has 0 aliphatic heterocycles. The molecule has 2 aromatic carbocycles. The van der Waals surface area contributed by atoms with E-state index in [4.69, 9.17) is 0 Å². The molecule has 0 aliphatic carbocycles. The van der Waals surface area contributed by atoms with E-state index in [0.29, 0.717) is 23.4 Å². The Balaban J connectivity index is 1.32. The van der Waals surface area contributed by atoms with E-state index >= 15 is 0 Å². The number of hydrogen-bond donors (Lipinski definition) is 4. The van der Waals surface area contributed by atoms with E-state index < -0.39 is 11.8 Å². The predicted molar refractivity (Wildman–Crippen MR) is 122 cm³/mol. The van der Waals surface area contributed by atoms with Crippen molar-refractivity contribution >= 4 is 28.4 Å². The van der Waals surface area contributed by atoms with Crippen molar-refractivity contribution in [3.63, 3.8) is 0 Å². The number of rotatable bonds is 4. The number of amides is 2. The van der Waals surface area contributed by atoms with Gasteiger partial charge in [-0.3, -0.25) is 9.59 Å². The van der Waals surface area contributed by atoms with Gasteiger partial charge in [0.25, 0.3) is 0 Å². The number of H-pyrrole nitrogens is 1. The Hall–Kier alpha value is -4.57. The van der Waals surface area contributed by atoms with Gasteiger partial charge in [0.05, 0.1) is 0 Å². The molecule has 0 aliphatic rings. The van der Waals surface area contributed by atoms with E-state index in [0.717, 1.165) is 16.5 Å². The number of nitrogens with zero attached hydrogens (tertiary/aromatic N) is 1. The van der Waals surface area contributed by atoms with Crippen LogP contribution in [0.15, 0.2) is 73.1 Å². The van der Waals surface area contributed by atoms with Crippen LogP contribution in [-0.4, -0.2) is 33.4 Å². The fourth-order valence-electron chi connectivity index (χ4n) is 3.20. The highest BCUT2D eigenvalue weighted by Crippen LogP contribution is 2.23. The molecule has 4 N–H and O–H groups in total. The lowest BCUT2D eigenvalue weighted by Gasteiger charge is -2.07. The molecule has 2 heterocycles. The number of aromatic nitrogens is 2. The number of aromatic hydroxyl groups is 1. The van der Waals surface area contributed by atoms with Gasteiger partial charge >= 0.3 is 11.8 Å². The van der Waals surface area contributed by atoms with E-state index in [2.05, 4.69) is 32.4 Å². The summed E-state index contributed by atoms with van der Waals surface area (Å²) in [7, 11) is 0. The number of aromatic amines is 1. The lowest BCUT2D eigenvalue weighted by atomic mass is 10.1. The number of fused-ring (bicyclic) bond motifs is 1. The predicted octanol–water partition coefficient (Wildman–Crippen LogP) is 2.97. The van der Waals surface area contributed by atoms with Crippen LogP contribution in [0.3, 0.4) is 0 Å². The molecule has 0 radical (unpaired) electrons. The van der Waals surface area contributed by atoms with Gasteiger partial charge in [-0.1, -0.05) is 18.1 Å². The van der Waals surface area contributed by atoms with E-state index in [1.807, 2.05) is 30.5 Å². The summed E-state index contributed by atoms with van der Waals surface area (Å²) >= 11 is 0. The Morgan fingerprint density at radius 3 is 2.75 bits per heavy atom. The Morgan fingerprint density at radius 2 is 1.91 bits per heavy atom. The third-order valence-electron chi connectivity index (χ3n) is 4.76. The quantitative estimate of drug-likeness (QED) is 0.298. The van der Waals surface area contributed by atoms with Crippen molar-refractivity contribution in [3.05, 3.63) is 89.9 Å². The Bertz CT molecular complexity index is 1330. The van der Waals surface area contributed by atoms with E-state index in [1.165, 1.54) is 0 Å². The maximum Gasteiger partial charge on any atom is 0.313 e. The monoisotopic (exact) mass is 424 g/mol. The molecular formula is C25H20N4O3. The maximum atomic E-state index is 12.2. The third-order valence-corrected chi connectivity index (χ3v) is 4.76. The van der Waals surface area contributed by atoms with Crippen molar-refractivity contribution < 1.29 is 14.7 Å². The largest absolute Gasteiger partial charge is 0.508 e. The van der Waals surface area contributed by atoms with Gasteiger partial charge in [0.15, 0.2) is 0 Å². The van der Waals surface area contributed by atoms with Crippen molar-refractivity contribution in [3.8, 4) is 17.6 Å². The molecule has 0 saturated carbocycles. The minimum absolute atomic E-state index is 0.175. The summed E-state index contributed by atoms with van der Waals surface area (Å²) in [5, 5.41) is 15.7. The molecule has 0 unspecified atom stereocenters. The van der Waals surface area contributed by atoms with E-state index in [9.17, 15) is 14.7 Å². The molecule has 0 spiro atoms. The number of carbonyl (C=O) groups is 2. The minimum Gasteiger partial charge on any atom is -0.508 e. The van der Waals surface area contributed by atoms with Crippen LogP contribution >= 0.6 is 0 Å². The second-order valence-electron chi connectivity index (χ2n) is 7.05. The molecule has 0 bridgehead atoms. The second kappa shape index (κ2) is 9.49. The lowest BCUT2D eigenvalue weighted by molar-refractivity contribution is -0.136. The fourth-order valence-corrected chi connectivity index (χ4v) is 3.20. The lowest BCUT2D eigenvalue weighted by Crippen LogP contribution is -2.36. The molecular weight excluding hydrogens is 404 g/mol. The van der Waals surface area contributed by atoms with Crippen LogP contribution in [0.4, 0.5) is 5.69 Å². The summed E-state index contributed by atoms with van der Waals surface area (Å²) in [6.45, 7) is 0.282. The van der Waals surface area contributed by atoms with Gasteiger partial charge < -0.3 is 20.7 Å². The standard InChI is InChI=1S/C25H20N4O3/c30-21-9-10-23-22(15-21)18(16-28-23)11-13-27-24(31)25(32)29-20-6-3-4-17(14-20)7-8-19-5-1-2-12-26-19/h1-6,9-10,12,14-16,28,30H,11,13H2,(H,27,31)(H,29,32). The number of benzene rings is 2. The maximum absolute atomic E-state index is 12.2. The first kappa shape index (κ1) is 20.7. The van der Waals surface area contributed by atoms with Gasteiger partial charge in [0.2, 0.25) is 0 Å². The summed E-state index contributed by atoms with van der Waals surface area (Å²) in [5.41, 5.74) is 3.65. The Morgan fingerprint density at radius 1 is 1.00 bits per heavy atom. The van der Waals surface area contributed by atoms with Gasteiger partial charge in [-0.05, 0) is 66.4 Å². The first-order valence-electron chi connectivity index (χ1n) is 10.00. The first-order chi connectivity index (χ1) is 15.6. The van der Waals surface area contributed by atoms with Crippen molar-refractivity contribution in [2.24, 2.45) is 0 Å². The first-order valence-corrected chi connectivity index (χ1v) is 10.00. The van der Waals surface area contributed by atoms with Crippen molar-refractivity contribution in [1.82, 2.24) is 15.3 Å². The average Bonchev–Trinajstić information content (AvgIpc) is 3.20. The number of phenols is 1. The fraction of sp³-hybridized carbons (Fsp3) is 0.0800. The molecule has 0 fully saturated rings. The van der Waals surface area contributed by atoms with E-state index in [1.54, 1.807) is 42.6 Å². The van der Waals surface area contributed by atoms with Crippen molar-refractivity contribution in [2.45, 2.75) is 6.42 Å². The van der Waals surface area contributed by atoms with Crippen LogP contribution < -0.4 is 10.6 Å². The second-order valence-corrected chi connectivity index (χ2v) is 7.05. The van der Waals surface area contributed by atoms with Crippen LogP contribution in [0, 0.1) is 11.8 Å². The minimum atomic E-state index is -0.753. The zero-order valence-corrected chi connectivity index (χ0v) is 17.1. The molecule has 4 rings (SSSR count). The Labute approximate surface area is 184 Å². The van der Waals surface area contributed by atoms with E-state index in [-0.39, 0.29) is 12.3 Å². The van der Waals surface area contributed by atoms with Crippen LogP contribution in [-0.2, 0) is 16.0 Å². The molecule has 2 amide bonds. The molecule has 0 atom stereocenters. The molecule has 7 heteroatoms. The van der Waals surface area contributed by atoms with Crippen LogP contribution in [0.5, 0.6) is 5.75 Å². The molecule has 7 nitrogen and oxygen atoms in total. The number of carbonyl (C=O) groups excluding carboxylic acids is 2. The normalized spacial score (nSPS) is 10.2. The number of nitrogens with one attached hydrogen (secondary N) is 3. The topological polar surface area (TPSA) is 107 Å². The van der Waals surface area contributed by atoms with Gasteiger partial charge in [0.1, 0.15) is 11.4 Å². The molecule has 0 saturated heterocycles. The van der Waals surface area contributed by atoms with Gasteiger partial charge in [-0.25, -0.2) is 4.98 Å². The Kier molecular flexibility index (Phi) is 6.14. The van der Waals surface area contributed by atoms with Crippen LogP contribution in [0.25, 0.3) is 10.9 Å². The SMILES string of the molecule is O=C(NCCc1c[nH]c2ccc(O)cc12)C(=O)Nc1cccc(C#Cc2ccccn2)c1.